The minimum Gasteiger partial charge on any atom is -0.322 e. The maximum Gasteiger partial charge on any atom is 0.264 e. The summed E-state index contributed by atoms with van der Waals surface area (Å²) in [6.07, 6.45) is 2.82. The van der Waals surface area contributed by atoms with Crippen molar-refractivity contribution in [3.63, 3.8) is 0 Å². The molecule has 0 atom stereocenters. The number of aryl methyl sites for hydroxylation is 1. The zero-order valence-corrected chi connectivity index (χ0v) is 21.5. The number of hydrogen-bond donors (Lipinski definition) is 3. The number of rotatable bonds is 8. The van der Waals surface area contributed by atoms with E-state index in [1.807, 2.05) is 6.92 Å². The van der Waals surface area contributed by atoms with Gasteiger partial charge in [-0.3, -0.25) is 9.52 Å². The Hall–Kier alpha value is -4.29. The van der Waals surface area contributed by atoms with Crippen molar-refractivity contribution in [1.29, 1.82) is 0 Å². The topological polar surface area (TPSA) is 147 Å². The van der Waals surface area contributed by atoms with Crippen molar-refractivity contribution in [2.45, 2.75) is 23.6 Å². The number of aromatic nitrogens is 2. The SMILES string of the molecule is Cc1ccc(S(=O)(=O)Nc2cccc(C(=O)Nc3ccc(S(=O)(=O)Nc4ncccn4)cc3)c2C)cc1. The van der Waals surface area contributed by atoms with E-state index in [4.69, 9.17) is 0 Å². The Morgan fingerprint density at radius 2 is 1.27 bits per heavy atom. The van der Waals surface area contributed by atoms with Crippen LogP contribution in [0, 0.1) is 13.8 Å². The molecule has 1 heterocycles. The largest absolute Gasteiger partial charge is 0.322 e. The lowest BCUT2D eigenvalue weighted by Gasteiger charge is -2.14. The second-order valence-electron chi connectivity index (χ2n) is 8.05. The van der Waals surface area contributed by atoms with Gasteiger partial charge >= 0.3 is 0 Å². The highest BCUT2D eigenvalue weighted by Gasteiger charge is 2.19. The lowest BCUT2D eigenvalue weighted by atomic mass is 10.1. The Labute approximate surface area is 214 Å². The van der Waals surface area contributed by atoms with Gasteiger partial charge in [0.15, 0.2) is 0 Å². The molecule has 1 amide bonds. The van der Waals surface area contributed by atoms with Crippen LogP contribution in [0.15, 0.2) is 95.0 Å². The maximum atomic E-state index is 12.9. The predicted octanol–water partition coefficient (Wildman–Crippen LogP) is 3.95. The smallest absolute Gasteiger partial charge is 0.264 e. The van der Waals surface area contributed by atoms with E-state index in [1.165, 1.54) is 48.8 Å². The Morgan fingerprint density at radius 1 is 0.703 bits per heavy atom. The van der Waals surface area contributed by atoms with Crippen molar-refractivity contribution < 1.29 is 21.6 Å². The standard InChI is InChI=1S/C25H23N5O5S2/c1-17-7-11-20(12-8-17)36(32,33)29-23-6-3-5-22(18(23)2)24(31)28-19-9-13-21(14-10-19)37(34,35)30-25-26-15-4-16-27-25/h3-16,29H,1-2H3,(H,28,31)(H,26,27,30). The quantitative estimate of drug-likeness (QED) is 0.308. The highest BCUT2D eigenvalue weighted by atomic mass is 32.2. The van der Waals surface area contributed by atoms with Gasteiger partial charge in [0.2, 0.25) is 5.95 Å². The van der Waals surface area contributed by atoms with E-state index in [2.05, 4.69) is 24.7 Å². The molecule has 0 saturated heterocycles. The summed E-state index contributed by atoms with van der Waals surface area (Å²) < 4.78 is 55.5. The molecule has 10 nitrogen and oxygen atoms in total. The number of hydrogen-bond acceptors (Lipinski definition) is 7. The number of anilines is 3. The molecule has 0 radical (unpaired) electrons. The van der Waals surface area contributed by atoms with E-state index in [0.717, 1.165) is 5.56 Å². The van der Waals surface area contributed by atoms with Gasteiger partial charge in [0.05, 0.1) is 15.5 Å². The number of carbonyl (C=O) groups is 1. The maximum absolute atomic E-state index is 12.9. The molecular weight excluding hydrogens is 514 g/mol. The molecular formula is C25H23N5O5S2. The first-order valence-electron chi connectivity index (χ1n) is 11.0. The van der Waals surface area contributed by atoms with Gasteiger partial charge in [-0.2, -0.15) is 0 Å². The average Bonchev–Trinajstić information content (AvgIpc) is 2.86. The third kappa shape index (κ3) is 6.11. The van der Waals surface area contributed by atoms with E-state index in [0.29, 0.717) is 11.3 Å². The molecule has 3 N–H and O–H groups in total. The van der Waals surface area contributed by atoms with E-state index in [1.54, 1.807) is 43.3 Å². The fourth-order valence-corrected chi connectivity index (χ4v) is 5.44. The van der Waals surface area contributed by atoms with Crippen molar-refractivity contribution in [2.75, 3.05) is 14.8 Å². The van der Waals surface area contributed by atoms with Gasteiger partial charge in [-0.15, -0.1) is 0 Å². The number of nitrogens with zero attached hydrogens (tertiary/aromatic N) is 2. The van der Waals surface area contributed by atoms with Gasteiger partial charge in [-0.1, -0.05) is 23.8 Å². The molecule has 37 heavy (non-hydrogen) atoms. The molecule has 0 aliphatic heterocycles. The summed E-state index contributed by atoms with van der Waals surface area (Å²) in [6.45, 7) is 3.49. The molecule has 0 saturated carbocycles. The van der Waals surface area contributed by atoms with Crippen LogP contribution in [0.5, 0.6) is 0 Å². The Balaban J connectivity index is 1.49. The summed E-state index contributed by atoms with van der Waals surface area (Å²) in [4.78, 5) is 20.7. The Bertz CT molecular complexity index is 1640. The molecule has 1 aromatic heterocycles. The number of sulfonamides is 2. The first kappa shape index (κ1) is 25.8. The van der Waals surface area contributed by atoms with Crippen molar-refractivity contribution in [1.82, 2.24) is 9.97 Å². The lowest BCUT2D eigenvalue weighted by molar-refractivity contribution is 0.102. The van der Waals surface area contributed by atoms with Gasteiger partial charge in [0, 0.05) is 23.6 Å². The number of amides is 1. The predicted molar refractivity (Wildman–Crippen MR) is 140 cm³/mol. The lowest BCUT2D eigenvalue weighted by Crippen LogP contribution is -2.17. The Kier molecular flexibility index (Phi) is 7.23. The minimum atomic E-state index is -3.92. The fourth-order valence-electron chi connectivity index (χ4n) is 3.36. The average molecular weight is 538 g/mol. The summed E-state index contributed by atoms with van der Waals surface area (Å²) in [5.74, 6) is -0.548. The normalized spacial score (nSPS) is 11.5. The zero-order valence-electron chi connectivity index (χ0n) is 19.8. The molecule has 12 heteroatoms. The zero-order chi connectivity index (χ0) is 26.6. The number of benzene rings is 3. The molecule has 0 spiro atoms. The van der Waals surface area contributed by atoms with Crippen LogP contribution >= 0.6 is 0 Å². The van der Waals surface area contributed by atoms with Crippen LogP contribution in [-0.2, 0) is 20.0 Å². The van der Waals surface area contributed by atoms with Crippen LogP contribution < -0.4 is 14.8 Å². The summed E-state index contributed by atoms with van der Waals surface area (Å²) in [5, 5.41) is 2.70. The second kappa shape index (κ2) is 10.4. The molecule has 0 aliphatic rings. The third-order valence-corrected chi connectivity index (χ3v) is 8.09. The minimum absolute atomic E-state index is 0.0401. The Morgan fingerprint density at radius 3 is 1.89 bits per heavy atom. The molecule has 190 valence electrons. The molecule has 4 rings (SSSR count). The van der Waals surface area contributed by atoms with Gasteiger partial charge in [0.25, 0.3) is 26.0 Å². The summed E-state index contributed by atoms with van der Waals surface area (Å²) in [6, 6.07) is 18.2. The molecule has 0 bridgehead atoms. The second-order valence-corrected chi connectivity index (χ2v) is 11.4. The molecule has 0 fully saturated rings. The highest BCUT2D eigenvalue weighted by molar-refractivity contribution is 7.93. The van der Waals surface area contributed by atoms with Crippen LogP contribution in [0.4, 0.5) is 17.3 Å². The van der Waals surface area contributed by atoms with Gasteiger partial charge < -0.3 is 5.32 Å². The van der Waals surface area contributed by atoms with Crippen LogP contribution in [0.1, 0.15) is 21.5 Å². The third-order valence-electron chi connectivity index (χ3n) is 5.37. The number of nitrogens with one attached hydrogen (secondary N) is 3. The van der Waals surface area contributed by atoms with Crippen LogP contribution in [0.25, 0.3) is 0 Å². The monoisotopic (exact) mass is 537 g/mol. The highest BCUT2D eigenvalue weighted by Crippen LogP contribution is 2.24. The van der Waals surface area contributed by atoms with Crippen molar-refractivity contribution in [3.05, 3.63) is 102 Å². The van der Waals surface area contributed by atoms with Crippen molar-refractivity contribution in [3.8, 4) is 0 Å². The molecule has 0 aliphatic carbocycles. The van der Waals surface area contributed by atoms with Gasteiger partial charge in [-0.05, 0) is 74.0 Å². The van der Waals surface area contributed by atoms with Gasteiger partial charge in [0.1, 0.15) is 0 Å². The first-order chi connectivity index (χ1) is 17.5. The van der Waals surface area contributed by atoms with Crippen molar-refractivity contribution in [2.24, 2.45) is 0 Å². The van der Waals surface area contributed by atoms with E-state index >= 15 is 0 Å². The van der Waals surface area contributed by atoms with Crippen LogP contribution in [0.2, 0.25) is 0 Å². The van der Waals surface area contributed by atoms with E-state index < -0.39 is 26.0 Å². The molecule has 4 aromatic rings. The first-order valence-corrected chi connectivity index (χ1v) is 13.9. The number of carbonyl (C=O) groups excluding carboxylic acids is 1. The van der Waals surface area contributed by atoms with Crippen molar-refractivity contribution >= 4 is 43.3 Å². The molecule has 0 unspecified atom stereocenters. The van der Waals surface area contributed by atoms with E-state index in [9.17, 15) is 21.6 Å². The summed E-state index contributed by atoms with van der Waals surface area (Å²) in [7, 11) is -7.77. The summed E-state index contributed by atoms with van der Waals surface area (Å²) in [5.41, 5.74) is 2.24. The molecule has 3 aromatic carbocycles. The van der Waals surface area contributed by atoms with Crippen LogP contribution in [-0.4, -0.2) is 32.7 Å². The summed E-state index contributed by atoms with van der Waals surface area (Å²) >= 11 is 0. The van der Waals surface area contributed by atoms with Gasteiger partial charge in [-0.25, -0.2) is 31.5 Å². The fraction of sp³-hybridized carbons (Fsp3) is 0.0800. The van der Waals surface area contributed by atoms with E-state index in [-0.39, 0.29) is 27.0 Å². The van der Waals surface area contributed by atoms with Crippen LogP contribution in [0.3, 0.4) is 0 Å².